The minimum atomic E-state index is -0.355. The van der Waals surface area contributed by atoms with Crippen LogP contribution < -0.4 is 5.32 Å². The largest absolute Gasteiger partial charge is 0.411 e. The van der Waals surface area contributed by atoms with Crippen LogP contribution in [0.15, 0.2) is 44.5 Å². The van der Waals surface area contributed by atoms with Gasteiger partial charge in [0.15, 0.2) is 5.82 Å². The highest BCUT2D eigenvalue weighted by Gasteiger charge is 2.24. The third kappa shape index (κ3) is 4.97. The lowest BCUT2D eigenvalue weighted by molar-refractivity contribution is -0.115. The number of thioether (sulfide) groups is 1. The predicted octanol–water partition coefficient (Wildman–Crippen LogP) is 4.63. The van der Waals surface area contributed by atoms with Crippen LogP contribution in [-0.2, 0) is 4.79 Å². The molecule has 2 heterocycles. The van der Waals surface area contributed by atoms with E-state index in [-0.39, 0.29) is 11.2 Å². The summed E-state index contributed by atoms with van der Waals surface area (Å²) in [4.78, 5) is 12.7. The van der Waals surface area contributed by atoms with Gasteiger partial charge in [0.2, 0.25) is 11.8 Å². The molecule has 3 aromatic rings. The maximum atomic E-state index is 12.7. The molecule has 8 heteroatoms. The number of aromatic nitrogens is 3. The number of unbranched alkanes of at least 4 members (excludes halogenated alkanes) is 1. The number of anilines is 1. The summed E-state index contributed by atoms with van der Waals surface area (Å²) in [6.07, 6.45) is 2.61. The van der Waals surface area contributed by atoms with E-state index in [4.69, 9.17) is 8.94 Å². The van der Waals surface area contributed by atoms with Crippen LogP contribution in [0, 0.1) is 13.8 Å². The van der Waals surface area contributed by atoms with Crippen molar-refractivity contribution in [1.29, 1.82) is 0 Å². The third-order valence-electron chi connectivity index (χ3n) is 4.02. The molecule has 1 N–H and O–H groups in total. The van der Waals surface area contributed by atoms with Crippen LogP contribution in [-0.4, -0.2) is 26.5 Å². The molecule has 142 valence electrons. The number of carbonyl (C=O) groups excluding carboxylic acids is 1. The van der Waals surface area contributed by atoms with Crippen molar-refractivity contribution in [2.75, 3.05) is 5.32 Å². The van der Waals surface area contributed by atoms with Gasteiger partial charge in [-0.05, 0) is 31.9 Å². The van der Waals surface area contributed by atoms with Gasteiger partial charge in [-0.2, -0.15) is 0 Å². The first-order valence-corrected chi connectivity index (χ1v) is 9.75. The first-order valence-electron chi connectivity index (χ1n) is 8.87. The summed E-state index contributed by atoms with van der Waals surface area (Å²) in [5, 5.41) is 14.9. The van der Waals surface area contributed by atoms with Crippen LogP contribution in [0.5, 0.6) is 0 Å². The van der Waals surface area contributed by atoms with Crippen LogP contribution in [0.3, 0.4) is 0 Å². The Morgan fingerprint density at radius 1 is 1.26 bits per heavy atom. The minimum absolute atomic E-state index is 0.155. The van der Waals surface area contributed by atoms with E-state index < -0.39 is 0 Å². The lowest BCUT2D eigenvalue weighted by Crippen LogP contribution is -2.25. The second-order valence-corrected chi connectivity index (χ2v) is 7.40. The van der Waals surface area contributed by atoms with Gasteiger partial charge < -0.3 is 14.3 Å². The standard InChI is InChI=1S/C19H22N4O3S/c1-4-5-10-15(17(24)20-16-11-13(3)26-23-16)27-19-22-21-18(25-19)14-9-7-6-8-12(14)2/h6-9,11,15H,4-5,10H2,1-3H3,(H,20,23,24). The highest BCUT2D eigenvalue weighted by molar-refractivity contribution is 8.00. The number of aryl methyl sites for hydroxylation is 2. The topological polar surface area (TPSA) is 94.0 Å². The Hall–Kier alpha value is -2.61. The van der Waals surface area contributed by atoms with Crippen molar-refractivity contribution >= 4 is 23.5 Å². The molecule has 27 heavy (non-hydrogen) atoms. The Morgan fingerprint density at radius 3 is 2.78 bits per heavy atom. The highest BCUT2D eigenvalue weighted by atomic mass is 32.2. The van der Waals surface area contributed by atoms with E-state index in [1.54, 1.807) is 13.0 Å². The van der Waals surface area contributed by atoms with Crippen molar-refractivity contribution in [1.82, 2.24) is 15.4 Å². The van der Waals surface area contributed by atoms with Crippen molar-refractivity contribution < 1.29 is 13.7 Å². The van der Waals surface area contributed by atoms with Crippen molar-refractivity contribution in [2.45, 2.75) is 50.5 Å². The van der Waals surface area contributed by atoms with Gasteiger partial charge >= 0.3 is 0 Å². The number of carbonyl (C=O) groups is 1. The molecular weight excluding hydrogens is 364 g/mol. The fraction of sp³-hybridized carbons (Fsp3) is 0.368. The average molecular weight is 386 g/mol. The molecule has 1 amide bonds. The maximum absolute atomic E-state index is 12.7. The molecule has 1 unspecified atom stereocenters. The fourth-order valence-corrected chi connectivity index (χ4v) is 3.47. The molecule has 0 bridgehead atoms. The van der Waals surface area contributed by atoms with E-state index in [9.17, 15) is 4.79 Å². The summed E-state index contributed by atoms with van der Waals surface area (Å²) in [6.45, 7) is 5.85. The number of rotatable bonds is 8. The van der Waals surface area contributed by atoms with Gasteiger partial charge in [-0.3, -0.25) is 4.79 Å². The zero-order chi connectivity index (χ0) is 19.2. The Kier molecular flexibility index (Phi) is 6.28. The van der Waals surface area contributed by atoms with E-state index in [1.165, 1.54) is 11.8 Å². The van der Waals surface area contributed by atoms with Gasteiger partial charge in [-0.25, -0.2) is 0 Å². The van der Waals surface area contributed by atoms with E-state index >= 15 is 0 Å². The number of nitrogens with one attached hydrogen (secondary N) is 1. The fourth-order valence-electron chi connectivity index (χ4n) is 2.57. The quantitative estimate of drug-likeness (QED) is 0.564. The molecular formula is C19H22N4O3S. The number of hydrogen-bond donors (Lipinski definition) is 1. The summed E-state index contributed by atoms with van der Waals surface area (Å²) in [5.41, 5.74) is 1.95. The van der Waals surface area contributed by atoms with Gasteiger partial charge in [0.1, 0.15) is 5.76 Å². The molecule has 0 radical (unpaired) electrons. The van der Waals surface area contributed by atoms with Crippen molar-refractivity contribution in [3.8, 4) is 11.5 Å². The minimum Gasteiger partial charge on any atom is -0.411 e. The summed E-state index contributed by atoms with van der Waals surface area (Å²) < 4.78 is 10.8. The first kappa shape index (κ1) is 19.2. The predicted molar refractivity (Wildman–Crippen MR) is 104 cm³/mol. The molecule has 0 aliphatic carbocycles. The summed E-state index contributed by atoms with van der Waals surface area (Å²) in [7, 11) is 0. The molecule has 3 rings (SSSR count). The van der Waals surface area contributed by atoms with Gasteiger partial charge in [0, 0.05) is 11.6 Å². The maximum Gasteiger partial charge on any atom is 0.277 e. The second-order valence-electron chi connectivity index (χ2n) is 6.25. The van der Waals surface area contributed by atoms with Crippen LogP contribution in [0.4, 0.5) is 5.82 Å². The zero-order valence-corrected chi connectivity index (χ0v) is 16.4. The monoisotopic (exact) mass is 386 g/mol. The van der Waals surface area contributed by atoms with Gasteiger partial charge in [-0.15, -0.1) is 10.2 Å². The lowest BCUT2D eigenvalue weighted by Gasteiger charge is -2.12. The summed E-state index contributed by atoms with van der Waals surface area (Å²) >= 11 is 1.27. The van der Waals surface area contributed by atoms with E-state index in [2.05, 4.69) is 27.6 Å². The molecule has 0 fully saturated rings. The van der Waals surface area contributed by atoms with Crippen molar-refractivity contribution in [3.05, 3.63) is 41.7 Å². The Bertz CT molecular complexity index is 906. The van der Waals surface area contributed by atoms with E-state index in [1.807, 2.05) is 31.2 Å². The Morgan fingerprint density at radius 2 is 2.07 bits per heavy atom. The number of benzene rings is 1. The molecule has 1 aromatic carbocycles. The molecule has 0 aliphatic heterocycles. The molecule has 0 spiro atoms. The van der Waals surface area contributed by atoms with Gasteiger partial charge in [-0.1, -0.05) is 54.9 Å². The summed E-state index contributed by atoms with van der Waals surface area (Å²) in [5.74, 6) is 1.35. The van der Waals surface area contributed by atoms with Crippen LogP contribution in [0.1, 0.15) is 37.5 Å². The molecule has 0 saturated heterocycles. The Labute approximate surface area is 161 Å². The molecule has 0 aliphatic rings. The number of hydrogen-bond acceptors (Lipinski definition) is 7. The average Bonchev–Trinajstić information content (AvgIpc) is 3.28. The molecule has 2 aromatic heterocycles. The highest BCUT2D eigenvalue weighted by Crippen LogP contribution is 2.30. The van der Waals surface area contributed by atoms with Crippen molar-refractivity contribution in [2.24, 2.45) is 0 Å². The number of nitrogens with zero attached hydrogens (tertiary/aromatic N) is 3. The summed E-state index contributed by atoms with van der Waals surface area (Å²) in [6, 6.07) is 9.50. The zero-order valence-electron chi connectivity index (χ0n) is 15.6. The third-order valence-corrected chi connectivity index (χ3v) is 5.12. The SMILES string of the molecule is CCCCC(Sc1nnc(-c2ccccc2C)o1)C(=O)Nc1cc(C)on1. The van der Waals surface area contributed by atoms with Gasteiger partial charge in [0.25, 0.3) is 5.22 Å². The second kappa shape index (κ2) is 8.85. The van der Waals surface area contributed by atoms with Crippen LogP contribution in [0.25, 0.3) is 11.5 Å². The van der Waals surface area contributed by atoms with Gasteiger partial charge in [0.05, 0.1) is 5.25 Å². The molecule has 1 atom stereocenters. The van der Waals surface area contributed by atoms with Crippen molar-refractivity contribution in [3.63, 3.8) is 0 Å². The lowest BCUT2D eigenvalue weighted by atomic mass is 10.1. The molecule has 7 nitrogen and oxygen atoms in total. The van der Waals surface area contributed by atoms with E-state index in [0.29, 0.717) is 29.1 Å². The Balaban J connectivity index is 1.72. The number of amides is 1. The van der Waals surface area contributed by atoms with Crippen LogP contribution >= 0.6 is 11.8 Å². The normalized spacial score (nSPS) is 12.1. The molecule has 0 saturated carbocycles. The van der Waals surface area contributed by atoms with Crippen LogP contribution in [0.2, 0.25) is 0 Å². The first-order chi connectivity index (χ1) is 13.1. The van der Waals surface area contributed by atoms with E-state index in [0.717, 1.165) is 24.0 Å². The smallest absolute Gasteiger partial charge is 0.277 e.